The number of likely N-dealkylation sites (N-methyl/N-ethyl adjacent to an activating group) is 1. The fraction of sp³-hybridized carbons (Fsp3) is 0.900. The molecule has 1 saturated carbocycles. The second kappa shape index (κ2) is 9.21. The molecule has 4 rings (SSSR count). The van der Waals surface area contributed by atoms with Gasteiger partial charge in [0.1, 0.15) is 13.9 Å². The lowest BCUT2D eigenvalue weighted by Crippen LogP contribution is -2.75. The van der Waals surface area contributed by atoms with E-state index in [2.05, 4.69) is 45.0 Å². The summed E-state index contributed by atoms with van der Waals surface area (Å²) < 4.78 is 43.8. The largest absolute Gasteiger partial charge is 0.377 e. The van der Waals surface area contributed by atoms with Crippen molar-refractivity contribution in [3.05, 3.63) is 11.6 Å². The van der Waals surface area contributed by atoms with Crippen LogP contribution in [-0.4, -0.2) is 81.8 Å². The molecule has 1 aliphatic carbocycles. The maximum absolute atomic E-state index is 16.0. The molecule has 0 radical (unpaired) electrons. The summed E-state index contributed by atoms with van der Waals surface area (Å²) in [4.78, 5) is 2.26. The number of nitrogens with two attached hydrogens (primary N) is 1. The zero-order chi connectivity index (χ0) is 21.3. The molecule has 2 saturated heterocycles. The van der Waals surface area contributed by atoms with E-state index in [1.54, 1.807) is 7.05 Å². The van der Waals surface area contributed by atoms with E-state index in [4.69, 9.17) is 6.15 Å². The van der Waals surface area contributed by atoms with Crippen molar-refractivity contribution in [1.82, 2.24) is 26.2 Å². The fourth-order valence-corrected chi connectivity index (χ4v) is 5.43. The van der Waals surface area contributed by atoms with Gasteiger partial charge in [-0.2, -0.15) is 0 Å². The van der Waals surface area contributed by atoms with E-state index >= 15 is 4.39 Å². The summed E-state index contributed by atoms with van der Waals surface area (Å²) in [6.07, 6.45) is 1.34. The molecule has 0 aromatic rings. The van der Waals surface area contributed by atoms with Gasteiger partial charge in [-0.05, 0) is 52.2 Å². The molecule has 9 atom stereocenters. The highest BCUT2D eigenvalue weighted by Gasteiger charge is 2.50. The molecular weight excluding hydrogens is 378 g/mol. The number of hydrogen-bond donors (Lipinski definition) is 5. The van der Waals surface area contributed by atoms with Crippen LogP contribution in [0.4, 0.5) is 8.78 Å². The Balaban J connectivity index is 1.49. The number of alkyl halides is 2. The highest BCUT2D eigenvalue weighted by atomic mass is 19.1. The fourth-order valence-electron chi connectivity index (χ4n) is 5.43. The minimum absolute atomic E-state index is 0.0529. The normalized spacial score (nSPS) is 47.2. The molecule has 4 aliphatic rings. The van der Waals surface area contributed by atoms with E-state index in [9.17, 15) is 4.39 Å². The third-order valence-electron chi connectivity index (χ3n) is 7.02. The van der Waals surface area contributed by atoms with Gasteiger partial charge in [-0.3, -0.25) is 16.0 Å². The first-order valence-electron chi connectivity index (χ1n) is 11.4. The molecule has 3 aliphatic heterocycles. The molecule has 3 fully saturated rings. The summed E-state index contributed by atoms with van der Waals surface area (Å²) in [6.45, 7) is 2.56. The van der Waals surface area contributed by atoms with Crippen LogP contribution < -0.4 is 27.0 Å². The van der Waals surface area contributed by atoms with E-state index in [1.807, 2.05) is 0 Å². The number of fused-ring (bicyclic) bond motifs is 1. The van der Waals surface area contributed by atoms with Crippen molar-refractivity contribution < 1.29 is 14.9 Å². The quantitative estimate of drug-likeness (QED) is 0.404. The number of halogens is 2. The summed E-state index contributed by atoms with van der Waals surface area (Å²) in [5.74, 6) is 0.0852. The van der Waals surface area contributed by atoms with Gasteiger partial charge in [0.25, 0.3) is 0 Å². The van der Waals surface area contributed by atoms with Gasteiger partial charge < -0.3 is 20.7 Å². The summed E-state index contributed by atoms with van der Waals surface area (Å²) in [6, 6.07) is -0.370. The molecule has 6 N–H and O–H groups in total. The van der Waals surface area contributed by atoms with Gasteiger partial charge in [-0.1, -0.05) is 11.6 Å². The van der Waals surface area contributed by atoms with Crippen LogP contribution in [0.1, 0.15) is 25.7 Å². The van der Waals surface area contributed by atoms with Crippen molar-refractivity contribution in [3.63, 3.8) is 0 Å². The van der Waals surface area contributed by atoms with Crippen molar-refractivity contribution in [3.8, 4) is 0 Å². The molecular formula is C20H36F2N6O. The number of ether oxygens (including phenoxy) is 1. The maximum atomic E-state index is 16.0. The van der Waals surface area contributed by atoms with Crippen molar-refractivity contribution in [1.29, 1.82) is 0 Å². The highest BCUT2D eigenvalue weighted by molar-refractivity contribution is 5.18. The summed E-state index contributed by atoms with van der Waals surface area (Å²) in [7, 11) is 3.76. The first-order valence-corrected chi connectivity index (χ1v) is 10.9. The number of nitrogens with one attached hydrogen (secondary N) is 4. The summed E-state index contributed by atoms with van der Waals surface area (Å²) in [5.41, 5.74) is 3.40. The van der Waals surface area contributed by atoms with Crippen molar-refractivity contribution in [2.75, 3.05) is 33.8 Å². The predicted molar refractivity (Wildman–Crippen MR) is 108 cm³/mol. The van der Waals surface area contributed by atoms with Crippen molar-refractivity contribution in [2.45, 2.75) is 68.8 Å². The molecule has 0 bridgehead atoms. The van der Waals surface area contributed by atoms with E-state index < -0.39 is 31.0 Å². The molecule has 29 heavy (non-hydrogen) atoms. The Morgan fingerprint density at radius 3 is 3.00 bits per heavy atom. The van der Waals surface area contributed by atoms with E-state index in [0.717, 1.165) is 32.4 Å². The van der Waals surface area contributed by atoms with Gasteiger partial charge in [-0.15, -0.1) is 0 Å². The van der Waals surface area contributed by atoms with Crippen LogP contribution in [0.15, 0.2) is 11.6 Å². The van der Waals surface area contributed by atoms with Gasteiger partial charge in [0, 0.05) is 25.1 Å². The topological polar surface area (TPSA) is 86.6 Å². The summed E-state index contributed by atoms with van der Waals surface area (Å²) in [5, 5.41) is 12.3. The van der Waals surface area contributed by atoms with Gasteiger partial charge >= 0.3 is 0 Å². The zero-order valence-electron chi connectivity index (χ0n) is 18.3. The predicted octanol–water partition coefficient (Wildman–Crippen LogP) is 0.00450. The lowest BCUT2D eigenvalue weighted by Gasteiger charge is -2.45. The molecule has 7 nitrogen and oxygen atoms in total. The van der Waals surface area contributed by atoms with Crippen LogP contribution in [0.25, 0.3) is 0 Å². The Bertz CT molecular complexity index is 602. The average molecular weight is 416 g/mol. The SMILES string of the molecule is [2H]NC1NC(NC2CC3CCOC3C(C3=CCN(C)CCC3)C2F)NC(NC)C1F. The second-order valence-electron chi connectivity index (χ2n) is 8.96. The minimum Gasteiger partial charge on any atom is -0.377 e. The smallest absolute Gasteiger partial charge is 0.157 e. The molecule has 0 amide bonds. The Labute approximate surface area is 173 Å². The van der Waals surface area contributed by atoms with Crippen LogP contribution in [0.5, 0.6) is 0 Å². The standard InChI is InChI=1S/C20H36F2N6O/c1-24-19-16(22)18(23)26-20(27-19)25-13-10-12-6-9-29-17(12)14(15(13)21)11-4-3-7-28(2)8-5-11/h5,12-20,24-27H,3-4,6-10,23H2,1-2H3/i/hD. The van der Waals surface area contributed by atoms with Crippen LogP contribution in [0.2, 0.25) is 1.41 Å². The van der Waals surface area contributed by atoms with Gasteiger partial charge in [0.15, 0.2) is 6.17 Å². The van der Waals surface area contributed by atoms with E-state index in [1.165, 1.54) is 5.57 Å². The van der Waals surface area contributed by atoms with Crippen LogP contribution in [-0.2, 0) is 4.74 Å². The second-order valence-corrected chi connectivity index (χ2v) is 8.96. The minimum atomic E-state index is -1.33. The first kappa shape index (κ1) is 20.2. The molecule has 0 spiro atoms. The molecule has 0 aromatic carbocycles. The van der Waals surface area contributed by atoms with E-state index in [-0.39, 0.29) is 18.1 Å². The third kappa shape index (κ3) is 4.51. The third-order valence-corrected chi connectivity index (χ3v) is 7.02. The van der Waals surface area contributed by atoms with Crippen LogP contribution >= 0.6 is 0 Å². The molecule has 9 unspecified atom stereocenters. The number of hydrogen-bond acceptors (Lipinski definition) is 7. The van der Waals surface area contributed by atoms with Crippen molar-refractivity contribution >= 4 is 0 Å². The van der Waals surface area contributed by atoms with Gasteiger partial charge in [0.2, 0.25) is 0 Å². The Morgan fingerprint density at radius 1 is 1.34 bits per heavy atom. The van der Waals surface area contributed by atoms with Crippen LogP contribution in [0.3, 0.4) is 0 Å². The number of nitrogens with zero attached hydrogens (tertiary/aromatic N) is 1. The Hall–Kier alpha value is -0.680. The van der Waals surface area contributed by atoms with E-state index in [0.29, 0.717) is 18.9 Å². The monoisotopic (exact) mass is 415 g/mol. The lowest BCUT2D eigenvalue weighted by atomic mass is 9.71. The highest BCUT2D eigenvalue weighted by Crippen LogP contribution is 2.44. The van der Waals surface area contributed by atoms with Gasteiger partial charge in [0.05, 0.1) is 18.4 Å². The maximum Gasteiger partial charge on any atom is 0.157 e. The Kier molecular flexibility index (Phi) is 6.43. The average Bonchev–Trinajstić information content (AvgIpc) is 3.09. The summed E-state index contributed by atoms with van der Waals surface area (Å²) >= 11 is 0. The lowest BCUT2D eigenvalue weighted by molar-refractivity contribution is -0.0284. The van der Waals surface area contributed by atoms with Crippen molar-refractivity contribution in [2.24, 2.45) is 17.6 Å². The first-order chi connectivity index (χ1) is 14.5. The zero-order valence-corrected chi connectivity index (χ0v) is 17.3. The molecule has 3 heterocycles. The Morgan fingerprint density at radius 2 is 2.21 bits per heavy atom. The molecule has 166 valence electrons. The van der Waals surface area contributed by atoms with Crippen LogP contribution in [0, 0.1) is 11.8 Å². The number of rotatable bonds is 5. The molecule has 0 aromatic heterocycles. The van der Waals surface area contributed by atoms with Gasteiger partial charge in [-0.25, -0.2) is 8.78 Å². The molecule has 9 heteroatoms.